The molecule has 4 rings (SSSR count). The molecule has 0 aliphatic carbocycles. The molecule has 0 spiro atoms. The molecule has 5 nitrogen and oxygen atoms in total. The van der Waals surface area contributed by atoms with Gasteiger partial charge in [0.2, 0.25) is 0 Å². The summed E-state index contributed by atoms with van der Waals surface area (Å²) in [7, 11) is 0. The number of hydrogen-bond acceptors (Lipinski definition) is 4. The highest BCUT2D eigenvalue weighted by Gasteiger charge is 2.05. The maximum Gasteiger partial charge on any atom is 0.253 e. The number of nitrogens with one attached hydrogen (secondary N) is 2. The van der Waals surface area contributed by atoms with Gasteiger partial charge in [0, 0.05) is 23.9 Å². The Bertz CT molecular complexity index is 1150. The van der Waals surface area contributed by atoms with Gasteiger partial charge < -0.3 is 19.8 Å². The minimum absolute atomic E-state index is 0.109. The van der Waals surface area contributed by atoms with Crippen molar-refractivity contribution < 1.29 is 9.47 Å². The molecule has 0 fully saturated rings. The van der Waals surface area contributed by atoms with Crippen molar-refractivity contribution in [1.82, 2.24) is 4.98 Å². The van der Waals surface area contributed by atoms with E-state index >= 15 is 0 Å². The molecule has 0 bridgehead atoms. The number of H-pyrrole nitrogens is 1. The van der Waals surface area contributed by atoms with E-state index in [4.69, 9.17) is 9.47 Å². The molecule has 1 heterocycles. The van der Waals surface area contributed by atoms with Crippen LogP contribution in [0.4, 0.5) is 5.69 Å². The first kappa shape index (κ1) is 18.6. The van der Waals surface area contributed by atoms with Gasteiger partial charge in [-0.3, -0.25) is 4.79 Å². The number of aromatic nitrogens is 1. The third kappa shape index (κ3) is 4.58. The number of fused-ring (bicyclic) bond motifs is 1. The van der Waals surface area contributed by atoms with Gasteiger partial charge in [0.1, 0.15) is 17.2 Å². The fourth-order valence-corrected chi connectivity index (χ4v) is 3.08. The van der Waals surface area contributed by atoms with Crippen molar-refractivity contribution in [3.63, 3.8) is 0 Å². The monoisotopic (exact) mass is 386 g/mol. The maximum atomic E-state index is 12.4. The van der Waals surface area contributed by atoms with Crippen LogP contribution in [0.25, 0.3) is 10.9 Å². The van der Waals surface area contributed by atoms with Crippen LogP contribution in [0.1, 0.15) is 12.5 Å². The zero-order valence-corrected chi connectivity index (χ0v) is 16.1. The molecule has 0 aliphatic heterocycles. The number of anilines is 1. The maximum absolute atomic E-state index is 12.4. The smallest absolute Gasteiger partial charge is 0.253 e. The second-order valence-corrected chi connectivity index (χ2v) is 6.60. The highest BCUT2D eigenvalue weighted by Crippen LogP contribution is 2.23. The van der Waals surface area contributed by atoms with Gasteiger partial charge in [-0.15, -0.1) is 0 Å². The Balaban J connectivity index is 1.44. The number of ether oxygens (including phenoxy) is 2. The molecule has 3 aromatic carbocycles. The molecule has 0 saturated heterocycles. The van der Waals surface area contributed by atoms with Crippen molar-refractivity contribution in [2.45, 2.75) is 13.5 Å². The first-order valence-electron chi connectivity index (χ1n) is 9.57. The lowest BCUT2D eigenvalue weighted by molar-refractivity contribution is 0.340. The topological polar surface area (TPSA) is 63.4 Å². The molecule has 29 heavy (non-hydrogen) atoms. The summed E-state index contributed by atoms with van der Waals surface area (Å²) in [5.74, 6) is 2.30. The lowest BCUT2D eigenvalue weighted by Gasteiger charge is -2.10. The van der Waals surface area contributed by atoms with Crippen LogP contribution in [0.2, 0.25) is 0 Å². The molecule has 0 saturated carbocycles. The van der Waals surface area contributed by atoms with E-state index in [1.165, 1.54) is 0 Å². The number of para-hydroxylation sites is 1. The Morgan fingerprint density at radius 1 is 0.862 bits per heavy atom. The van der Waals surface area contributed by atoms with Gasteiger partial charge in [0.15, 0.2) is 0 Å². The van der Waals surface area contributed by atoms with E-state index in [9.17, 15) is 4.79 Å². The van der Waals surface area contributed by atoms with E-state index in [0.29, 0.717) is 18.7 Å². The zero-order valence-electron chi connectivity index (χ0n) is 16.1. The van der Waals surface area contributed by atoms with E-state index in [0.717, 1.165) is 33.8 Å². The Morgan fingerprint density at radius 2 is 1.59 bits per heavy atom. The van der Waals surface area contributed by atoms with Gasteiger partial charge in [-0.2, -0.15) is 0 Å². The average molecular weight is 386 g/mol. The molecule has 0 atom stereocenters. The van der Waals surface area contributed by atoms with Crippen molar-refractivity contribution in [3.05, 3.63) is 94.8 Å². The van der Waals surface area contributed by atoms with Crippen LogP contribution < -0.4 is 20.3 Å². The van der Waals surface area contributed by atoms with Crippen LogP contribution in [-0.2, 0) is 6.54 Å². The number of rotatable bonds is 7. The normalized spacial score (nSPS) is 10.7. The summed E-state index contributed by atoms with van der Waals surface area (Å²) in [6.45, 7) is 2.95. The summed E-state index contributed by atoms with van der Waals surface area (Å²) in [5, 5.41) is 4.26. The summed E-state index contributed by atoms with van der Waals surface area (Å²) < 4.78 is 11.3. The van der Waals surface area contributed by atoms with Gasteiger partial charge in [-0.05, 0) is 66.9 Å². The highest BCUT2D eigenvalue weighted by atomic mass is 16.5. The quantitative estimate of drug-likeness (QED) is 0.451. The van der Waals surface area contributed by atoms with E-state index in [-0.39, 0.29) is 5.56 Å². The molecule has 0 amide bonds. The Hall–Kier alpha value is -3.73. The van der Waals surface area contributed by atoms with Gasteiger partial charge in [0.05, 0.1) is 12.1 Å². The fourth-order valence-electron chi connectivity index (χ4n) is 3.08. The van der Waals surface area contributed by atoms with Crippen molar-refractivity contribution in [2.24, 2.45) is 0 Å². The number of pyridine rings is 1. The summed E-state index contributed by atoms with van der Waals surface area (Å²) in [6.07, 6.45) is 0. The van der Waals surface area contributed by atoms with E-state index in [1.54, 1.807) is 0 Å². The standard InChI is InChI=1S/C24H22N2O3/c1-2-28-22-11-8-17-14-18(24(27)26-23(17)15-22)16-25-19-9-12-21(13-10-19)29-20-6-4-3-5-7-20/h3-15,25H,2,16H2,1H3,(H,26,27). The largest absolute Gasteiger partial charge is 0.494 e. The summed E-state index contributed by atoms with van der Waals surface area (Å²) in [6, 6.07) is 24.9. The Kier molecular flexibility index (Phi) is 5.47. The minimum atomic E-state index is -0.109. The second kappa shape index (κ2) is 8.52. The van der Waals surface area contributed by atoms with Gasteiger partial charge >= 0.3 is 0 Å². The Morgan fingerprint density at radius 3 is 2.34 bits per heavy atom. The number of benzene rings is 3. The highest BCUT2D eigenvalue weighted by molar-refractivity contribution is 5.80. The molecular formula is C24H22N2O3. The SMILES string of the molecule is CCOc1ccc2cc(CNc3ccc(Oc4ccccc4)cc3)c(=O)[nH]c2c1. The van der Waals surface area contributed by atoms with Crippen LogP contribution in [0, 0.1) is 0 Å². The average Bonchev–Trinajstić information content (AvgIpc) is 2.74. The van der Waals surface area contributed by atoms with Crippen LogP contribution in [0.15, 0.2) is 83.7 Å². The van der Waals surface area contributed by atoms with E-state index < -0.39 is 0 Å². The van der Waals surface area contributed by atoms with Crippen LogP contribution in [0.3, 0.4) is 0 Å². The number of aromatic amines is 1. The first-order chi connectivity index (χ1) is 14.2. The van der Waals surface area contributed by atoms with Crippen molar-refractivity contribution in [3.8, 4) is 17.2 Å². The lowest BCUT2D eigenvalue weighted by atomic mass is 10.1. The van der Waals surface area contributed by atoms with E-state index in [1.807, 2.05) is 85.8 Å². The molecule has 5 heteroatoms. The van der Waals surface area contributed by atoms with Crippen molar-refractivity contribution >= 4 is 16.6 Å². The van der Waals surface area contributed by atoms with Crippen LogP contribution >= 0.6 is 0 Å². The van der Waals surface area contributed by atoms with Gasteiger partial charge in [0.25, 0.3) is 5.56 Å². The molecule has 1 aromatic heterocycles. The molecular weight excluding hydrogens is 364 g/mol. The van der Waals surface area contributed by atoms with Crippen LogP contribution in [-0.4, -0.2) is 11.6 Å². The van der Waals surface area contributed by atoms with Gasteiger partial charge in [-0.1, -0.05) is 18.2 Å². The molecule has 146 valence electrons. The predicted molar refractivity (Wildman–Crippen MR) is 116 cm³/mol. The van der Waals surface area contributed by atoms with E-state index in [2.05, 4.69) is 10.3 Å². The fraction of sp³-hybridized carbons (Fsp3) is 0.125. The Labute approximate surface area is 168 Å². The molecule has 0 unspecified atom stereocenters. The summed E-state index contributed by atoms with van der Waals surface area (Å²) in [5.41, 5.74) is 2.25. The summed E-state index contributed by atoms with van der Waals surface area (Å²) in [4.78, 5) is 15.4. The zero-order chi connectivity index (χ0) is 20.1. The lowest BCUT2D eigenvalue weighted by Crippen LogP contribution is -2.15. The molecule has 2 N–H and O–H groups in total. The second-order valence-electron chi connectivity index (χ2n) is 6.60. The third-order valence-corrected chi connectivity index (χ3v) is 4.52. The number of hydrogen-bond donors (Lipinski definition) is 2. The summed E-state index contributed by atoms with van der Waals surface area (Å²) >= 11 is 0. The third-order valence-electron chi connectivity index (χ3n) is 4.52. The van der Waals surface area contributed by atoms with Gasteiger partial charge in [-0.25, -0.2) is 0 Å². The molecule has 4 aromatic rings. The molecule has 0 aliphatic rings. The van der Waals surface area contributed by atoms with Crippen LogP contribution in [0.5, 0.6) is 17.2 Å². The molecule has 0 radical (unpaired) electrons. The van der Waals surface area contributed by atoms with Crippen molar-refractivity contribution in [2.75, 3.05) is 11.9 Å². The minimum Gasteiger partial charge on any atom is -0.494 e. The predicted octanol–water partition coefficient (Wildman–Crippen LogP) is 5.33. The van der Waals surface area contributed by atoms with Crippen molar-refractivity contribution in [1.29, 1.82) is 0 Å². The first-order valence-corrected chi connectivity index (χ1v) is 9.57.